The van der Waals surface area contributed by atoms with E-state index in [0.717, 1.165) is 21.6 Å². The summed E-state index contributed by atoms with van der Waals surface area (Å²) in [6.07, 6.45) is 0.471. The summed E-state index contributed by atoms with van der Waals surface area (Å²) in [5.74, 6) is 0. The van der Waals surface area contributed by atoms with Crippen LogP contribution in [0, 0.1) is 0 Å². The van der Waals surface area contributed by atoms with Gasteiger partial charge in [-0.1, -0.05) is 0 Å². The van der Waals surface area contributed by atoms with Crippen LogP contribution in [0.2, 0.25) is 0 Å². The average molecular weight is 264 g/mol. The molecule has 0 bridgehead atoms. The number of hydrogen-bond donors (Lipinski definition) is 1. The van der Waals surface area contributed by atoms with Crippen molar-refractivity contribution in [2.24, 2.45) is 0 Å². The van der Waals surface area contributed by atoms with Gasteiger partial charge >= 0.3 is 0 Å². The molecule has 0 amide bonds. The Hall–Kier alpha value is 0.1000. The van der Waals surface area contributed by atoms with Gasteiger partial charge in [0.15, 0.2) is 0 Å². The van der Waals surface area contributed by atoms with Crippen LogP contribution in [0.1, 0.15) is 17.4 Å². The number of aliphatic hydroxyl groups is 1. The van der Waals surface area contributed by atoms with Crippen LogP contribution in [0.25, 0.3) is 0 Å². The van der Waals surface area contributed by atoms with Crippen molar-refractivity contribution in [3.05, 3.63) is 20.8 Å². The lowest BCUT2D eigenvalue weighted by Crippen LogP contribution is -2.15. The molecule has 0 aliphatic rings. The fourth-order valence-electron chi connectivity index (χ4n) is 1.03. The first-order chi connectivity index (χ1) is 6.09. The second kappa shape index (κ2) is 5.10. The molecule has 1 aromatic heterocycles. The third kappa shape index (κ3) is 3.77. The van der Waals surface area contributed by atoms with Crippen LogP contribution in [-0.4, -0.2) is 30.6 Å². The number of aliphatic hydroxyl groups excluding tert-OH is 1. The summed E-state index contributed by atoms with van der Waals surface area (Å²) in [5.41, 5.74) is 0. The van der Waals surface area contributed by atoms with Gasteiger partial charge in [-0.05, 0) is 48.6 Å². The molecule has 1 unspecified atom stereocenters. The number of nitrogens with zero attached hydrogens (tertiary/aromatic N) is 1. The molecule has 0 aliphatic carbocycles. The van der Waals surface area contributed by atoms with Crippen LogP contribution >= 0.6 is 27.3 Å². The summed E-state index contributed by atoms with van der Waals surface area (Å²) in [6.45, 7) is 0.913. The van der Waals surface area contributed by atoms with E-state index >= 15 is 0 Å². The van der Waals surface area contributed by atoms with Crippen molar-refractivity contribution in [1.29, 1.82) is 0 Å². The molecule has 4 heteroatoms. The first-order valence-electron chi connectivity index (χ1n) is 4.17. The summed E-state index contributed by atoms with van der Waals surface area (Å²) in [5, 5.41) is 9.75. The van der Waals surface area contributed by atoms with Crippen LogP contribution < -0.4 is 0 Å². The smallest absolute Gasteiger partial charge is 0.0894 e. The van der Waals surface area contributed by atoms with Gasteiger partial charge in [-0.2, -0.15) is 0 Å². The molecule has 0 saturated heterocycles. The fourth-order valence-corrected chi connectivity index (χ4v) is 2.47. The van der Waals surface area contributed by atoms with Crippen LogP contribution in [0.15, 0.2) is 15.9 Å². The third-order valence-corrected chi connectivity index (χ3v) is 3.50. The Morgan fingerprint density at radius 3 is 2.69 bits per heavy atom. The normalized spacial score (nSPS) is 13.6. The lowest BCUT2D eigenvalue weighted by atomic mass is 10.2. The lowest BCUT2D eigenvalue weighted by Gasteiger charge is -2.12. The average Bonchev–Trinajstić information content (AvgIpc) is 2.47. The van der Waals surface area contributed by atoms with Gasteiger partial charge in [0.2, 0.25) is 0 Å². The molecular formula is C9H14BrNOS. The van der Waals surface area contributed by atoms with E-state index in [9.17, 15) is 5.11 Å². The fraction of sp³-hybridized carbons (Fsp3) is 0.556. The van der Waals surface area contributed by atoms with Crippen LogP contribution in [0.3, 0.4) is 0 Å². The number of rotatable bonds is 4. The first kappa shape index (κ1) is 11.2. The summed E-state index contributed by atoms with van der Waals surface area (Å²) >= 11 is 4.97. The number of hydrogen-bond acceptors (Lipinski definition) is 3. The quantitative estimate of drug-likeness (QED) is 0.903. The van der Waals surface area contributed by atoms with Crippen molar-refractivity contribution in [3.8, 4) is 0 Å². The Morgan fingerprint density at radius 2 is 2.23 bits per heavy atom. The number of thiophene rings is 1. The largest absolute Gasteiger partial charge is 0.388 e. The number of halogens is 1. The zero-order valence-corrected chi connectivity index (χ0v) is 10.2. The zero-order valence-electron chi connectivity index (χ0n) is 7.83. The van der Waals surface area contributed by atoms with Gasteiger partial charge < -0.3 is 10.0 Å². The highest BCUT2D eigenvalue weighted by Crippen LogP contribution is 2.28. The standard InChI is InChI=1S/C9H14BrNOS/c1-11(2)6-5-7(12)8-3-4-9(10)13-8/h3-4,7,12H,5-6H2,1-2H3. The highest BCUT2D eigenvalue weighted by atomic mass is 79.9. The van der Waals surface area contributed by atoms with Crippen molar-refractivity contribution in [1.82, 2.24) is 4.90 Å². The second-order valence-electron chi connectivity index (χ2n) is 3.25. The summed E-state index contributed by atoms with van der Waals surface area (Å²) in [7, 11) is 4.02. The Labute approximate surface area is 91.3 Å². The molecule has 74 valence electrons. The second-order valence-corrected chi connectivity index (χ2v) is 5.74. The van der Waals surface area contributed by atoms with Gasteiger partial charge in [0.25, 0.3) is 0 Å². The van der Waals surface area contributed by atoms with Gasteiger partial charge in [0.1, 0.15) is 0 Å². The van der Waals surface area contributed by atoms with Crippen molar-refractivity contribution in [3.63, 3.8) is 0 Å². The summed E-state index contributed by atoms with van der Waals surface area (Å²) < 4.78 is 1.08. The van der Waals surface area contributed by atoms with E-state index in [-0.39, 0.29) is 6.10 Å². The molecule has 13 heavy (non-hydrogen) atoms. The highest BCUT2D eigenvalue weighted by molar-refractivity contribution is 9.11. The molecule has 1 atom stereocenters. The van der Waals surface area contributed by atoms with E-state index in [4.69, 9.17) is 0 Å². The minimum absolute atomic E-state index is 0.321. The Bertz CT molecular complexity index is 262. The molecule has 0 aromatic carbocycles. The van der Waals surface area contributed by atoms with E-state index in [1.54, 1.807) is 11.3 Å². The van der Waals surface area contributed by atoms with Crippen LogP contribution in [0.4, 0.5) is 0 Å². The maximum absolute atomic E-state index is 9.75. The highest BCUT2D eigenvalue weighted by Gasteiger charge is 2.09. The monoisotopic (exact) mass is 263 g/mol. The molecule has 0 fully saturated rings. The summed E-state index contributed by atoms with van der Waals surface area (Å²) in [6, 6.07) is 3.94. The van der Waals surface area contributed by atoms with Crippen molar-refractivity contribution >= 4 is 27.3 Å². The molecule has 1 N–H and O–H groups in total. The molecular weight excluding hydrogens is 250 g/mol. The van der Waals surface area contributed by atoms with Gasteiger partial charge in [0.05, 0.1) is 9.89 Å². The minimum Gasteiger partial charge on any atom is -0.388 e. The summed E-state index contributed by atoms with van der Waals surface area (Å²) in [4.78, 5) is 3.11. The molecule has 1 heterocycles. The van der Waals surface area contributed by atoms with E-state index in [0.29, 0.717) is 0 Å². The molecule has 0 aliphatic heterocycles. The Kier molecular flexibility index (Phi) is 4.38. The van der Waals surface area contributed by atoms with E-state index in [2.05, 4.69) is 20.8 Å². The minimum atomic E-state index is -0.321. The predicted octanol–water partition coefficient (Wildman–Crippen LogP) is 2.50. The Morgan fingerprint density at radius 1 is 1.54 bits per heavy atom. The van der Waals surface area contributed by atoms with Gasteiger partial charge in [-0.15, -0.1) is 11.3 Å². The maximum Gasteiger partial charge on any atom is 0.0894 e. The molecule has 1 aromatic rings. The molecule has 0 saturated carbocycles. The molecule has 1 rings (SSSR count). The molecule has 0 radical (unpaired) electrons. The van der Waals surface area contributed by atoms with Crippen LogP contribution in [-0.2, 0) is 0 Å². The maximum atomic E-state index is 9.75. The van der Waals surface area contributed by atoms with Gasteiger partial charge in [-0.3, -0.25) is 0 Å². The topological polar surface area (TPSA) is 23.5 Å². The van der Waals surface area contributed by atoms with Crippen molar-refractivity contribution < 1.29 is 5.11 Å². The van der Waals surface area contributed by atoms with Crippen molar-refractivity contribution in [2.45, 2.75) is 12.5 Å². The zero-order chi connectivity index (χ0) is 9.84. The lowest BCUT2D eigenvalue weighted by molar-refractivity contribution is 0.158. The Balaban J connectivity index is 2.44. The van der Waals surface area contributed by atoms with Gasteiger partial charge in [0, 0.05) is 11.4 Å². The molecule has 2 nitrogen and oxygen atoms in total. The molecule has 0 spiro atoms. The van der Waals surface area contributed by atoms with E-state index in [1.807, 2.05) is 26.2 Å². The first-order valence-corrected chi connectivity index (χ1v) is 5.78. The van der Waals surface area contributed by atoms with Gasteiger partial charge in [-0.25, -0.2) is 0 Å². The third-order valence-electron chi connectivity index (χ3n) is 1.77. The predicted molar refractivity (Wildman–Crippen MR) is 60.1 cm³/mol. The van der Waals surface area contributed by atoms with E-state index in [1.165, 1.54) is 0 Å². The SMILES string of the molecule is CN(C)CCC(O)c1ccc(Br)s1. The van der Waals surface area contributed by atoms with E-state index < -0.39 is 0 Å². The van der Waals surface area contributed by atoms with Crippen molar-refractivity contribution in [2.75, 3.05) is 20.6 Å². The van der Waals surface area contributed by atoms with Crippen LogP contribution in [0.5, 0.6) is 0 Å².